The average Bonchev–Trinajstić information content (AvgIpc) is 3.69. The van der Waals surface area contributed by atoms with Crippen molar-refractivity contribution >= 4 is 55.5 Å². The monoisotopic (exact) mass is 534 g/mol. The van der Waals surface area contributed by atoms with Crippen LogP contribution in [0.25, 0.3) is 27.2 Å². The van der Waals surface area contributed by atoms with E-state index in [1.807, 2.05) is 77.6 Å². The molecule has 0 radical (unpaired) electrons. The van der Waals surface area contributed by atoms with Gasteiger partial charge in [-0.3, -0.25) is 9.69 Å². The van der Waals surface area contributed by atoms with Crippen LogP contribution in [0.3, 0.4) is 0 Å². The van der Waals surface area contributed by atoms with Gasteiger partial charge in [0.1, 0.15) is 4.83 Å². The highest BCUT2D eigenvalue weighted by Gasteiger charge is 2.29. The number of amides is 1. The van der Waals surface area contributed by atoms with Crippen LogP contribution >= 0.6 is 34.3 Å². The van der Waals surface area contributed by atoms with Crippen LogP contribution in [0, 0.1) is 6.92 Å². The van der Waals surface area contributed by atoms with E-state index in [4.69, 9.17) is 26.4 Å². The standard InChI is InChI=1S/C27H23ClN4O2S2/c1-17-22-14-24(36-26(22)32(30-17)20-6-3-2-4-7-20)25(33)31(15-21-8-5-13-34-21)27-29-23(16-35-27)18-9-11-19(28)12-10-18/h2-4,6-7,9-12,14,16,21H,5,8,13,15H2,1H3. The zero-order valence-electron chi connectivity index (χ0n) is 19.6. The van der Waals surface area contributed by atoms with Gasteiger partial charge in [-0.15, -0.1) is 22.7 Å². The Kier molecular flexibility index (Phi) is 6.35. The third-order valence-corrected chi connectivity index (χ3v) is 8.49. The second kappa shape index (κ2) is 9.78. The van der Waals surface area contributed by atoms with Gasteiger partial charge in [-0.2, -0.15) is 5.10 Å². The van der Waals surface area contributed by atoms with E-state index in [0.717, 1.165) is 52.3 Å². The summed E-state index contributed by atoms with van der Waals surface area (Å²) in [6, 6.07) is 19.5. The van der Waals surface area contributed by atoms with Crippen molar-refractivity contribution in [3.05, 3.63) is 81.6 Å². The molecule has 1 saturated heterocycles. The van der Waals surface area contributed by atoms with E-state index >= 15 is 0 Å². The number of aryl methyl sites for hydroxylation is 1. The van der Waals surface area contributed by atoms with Crippen molar-refractivity contribution in [3.63, 3.8) is 0 Å². The van der Waals surface area contributed by atoms with Gasteiger partial charge >= 0.3 is 0 Å². The molecule has 5 aromatic rings. The predicted octanol–water partition coefficient (Wildman–Crippen LogP) is 7.00. The first-order valence-electron chi connectivity index (χ1n) is 11.8. The first-order chi connectivity index (χ1) is 17.6. The Labute approximate surface area is 221 Å². The molecule has 0 saturated carbocycles. The molecule has 1 unspecified atom stereocenters. The number of carbonyl (C=O) groups is 1. The Balaban J connectivity index is 1.36. The normalized spacial score (nSPS) is 15.6. The summed E-state index contributed by atoms with van der Waals surface area (Å²) in [5, 5.41) is 9.03. The number of fused-ring (bicyclic) bond motifs is 1. The van der Waals surface area contributed by atoms with Crippen molar-refractivity contribution in [3.8, 4) is 16.9 Å². The molecule has 0 aliphatic carbocycles. The zero-order valence-corrected chi connectivity index (χ0v) is 21.9. The number of halogens is 1. The number of hydrogen-bond acceptors (Lipinski definition) is 6. The molecule has 1 aliphatic heterocycles. The molecule has 1 atom stereocenters. The van der Waals surface area contributed by atoms with Gasteiger partial charge in [0, 0.05) is 28.0 Å². The van der Waals surface area contributed by atoms with Gasteiger partial charge in [-0.25, -0.2) is 9.67 Å². The summed E-state index contributed by atoms with van der Waals surface area (Å²) in [4.78, 5) is 22.2. The minimum atomic E-state index is -0.0669. The lowest BCUT2D eigenvalue weighted by molar-refractivity contribution is 0.0920. The van der Waals surface area contributed by atoms with Crippen molar-refractivity contribution in [1.29, 1.82) is 0 Å². The summed E-state index contributed by atoms with van der Waals surface area (Å²) in [6.45, 7) is 3.19. The lowest BCUT2D eigenvalue weighted by Crippen LogP contribution is -2.37. The second-order valence-corrected chi connectivity index (χ2v) is 11.0. The molecular formula is C27H23ClN4O2S2. The Hall–Kier alpha value is -3.04. The fourth-order valence-corrected chi connectivity index (χ4v) is 6.51. The van der Waals surface area contributed by atoms with Crippen LogP contribution in [0.1, 0.15) is 28.2 Å². The summed E-state index contributed by atoms with van der Waals surface area (Å²) in [5.74, 6) is -0.0669. The average molecular weight is 535 g/mol. The number of carbonyl (C=O) groups excluding carboxylic acids is 1. The van der Waals surface area contributed by atoms with Crippen molar-refractivity contribution in [1.82, 2.24) is 14.8 Å². The Bertz CT molecular complexity index is 1520. The second-order valence-electron chi connectivity index (χ2n) is 8.74. The summed E-state index contributed by atoms with van der Waals surface area (Å²) >= 11 is 8.99. The fraction of sp³-hybridized carbons (Fsp3) is 0.222. The molecule has 9 heteroatoms. The first kappa shape index (κ1) is 23.4. The van der Waals surface area contributed by atoms with Crippen molar-refractivity contribution in [2.24, 2.45) is 0 Å². The van der Waals surface area contributed by atoms with Crippen molar-refractivity contribution in [2.45, 2.75) is 25.9 Å². The maximum atomic E-state index is 14.0. The molecule has 6 rings (SSSR count). The number of thiazole rings is 1. The summed E-state index contributed by atoms with van der Waals surface area (Å²) < 4.78 is 7.81. The molecule has 1 amide bonds. The SMILES string of the molecule is Cc1nn(-c2ccccc2)c2sc(C(=O)N(CC3CCCO3)c3nc(-c4ccc(Cl)cc4)cs3)cc12. The van der Waals surface area contributed by atoms with E-state index < -0.39 is 0 Å². The summed E-state index contributed by atoms with van der Waals surface area (Å²) in [6.07, 6.45) is 1.95. The van der Waals surface area contributed by atoms with Crippen molar-refractivity contribution < 1.29 is 9.53 Å². The molecule has 0 N–H and O–H groups in total. The molecule has 4 heterocycles. The van der Waals surface area contributed by atoms with Crippen LogP contribution < -0.4 is 4.90 Å². The number of benzene rings is 2. The van der Waals surface area contributed by atoms with Gasteiger partial charge in [-0.05, 0) is 50.1 Å². The highest BCUT2D eigenvalue weighted by Crippen LogP contribution is 2.34. The van der Waals surface area contributed by atoms with Gasteiger partial charge < -0.3 is 4.74 Å². The molecular weight excluding hydrogens is 512 g/mol. The quantitative estimate of drug-likeness (QED) is 0.235. The van der Waals surface area contributed by atoms with E-state index in [2.05, 4.69) is 0 Å². The van der Waals surface area contributed by atoms with Crippen LogP contribution in [-0.4, -0.2) is 39.9 Å². The van der Waals surface area contributed by atoms with Gasteiger partial charge in [0.05, 0.1) is 34.6 Å². The Morgan fingerprint density at radius 3 is 2.75 bits per heavy atom. The number of anilines is 1. The number of ether oxygens (including phenoxy) is 1. The number of rotatable bonds is 6. The van der Waals surface area contributed by atoms with Gasteiger partial charge in [0.2, 0.25) is 0 Å². The minimum absolute atomic E-state index is 0.00718. The number of para-hydroxylation sites is 1. The highest BCUT2D eigenvalue weighted by atomic mass is 35.5. The van der Waals surface area contributed by atoms with Crippen molar-refractivity contribution in [2.75, 3.05) is 18.1 Å². The lowest BCUT2D eigenvalue weighted by Gasteiger charge is -2.22. The maximum absolute atomic E-state index is 14.0. The third kappa shape index (κ3) is 4.46. The fourth-order valence-electron chi connectivity index (χ4n) is 4.41. The molecule has 0 spiro atoms. The highest BCUT2D eigenvalue weighted by molar-refractivity contribution is 7.20. The molecule has 1 fully saturated rings. The molecule has 6 nitrogen and oxygen atoms in total. The number of nitrogens with zero attached hydrogens (tertiary/aromatic N) is 4. The van der Waals surface area contributed by atoms with Crippen LogP contribution in [0.5, 0.6) is 0 Å². The van der Waals surface area contributed by atoms with Crippen LogP contribution in [0.4, 0.5) is 5.13 Å². The van der Waals surface area contributed by atoms with E-state index in [-0.39, 0.29) is 12.0 Å². The number of hydrogen-bond donors (Lipinski definition) is 0. The van der Waals surface area contributed by atoms with Gasteiger partial charge in [-0.1, -0.05) is 41.9 Å². The largest absolute Gasteiger partial charge is 0.376 e. The van der Waals surface area contributed by atoms with Gasteiger partial charge in [0.25, 0.3) is 5.91 Å². The Morgan fingerprint density at radius 2 is 2.00 bits per heavy atom. The first-order valence-corrected chi connectivity index (χ1v) is 13.8. The van der Waals surface area contributed by atoms with E-state index in [9.17, 15) is 4.79 Å². The van der Waals surface area contributed by atoms with E-state index in [1.165, 1.54) is 22.7 Å². The minimum Gasteiger partial charge on any atom is -0.376 e. The third-order valence-electron chi connectivity index (χ3n) is 6.27. The van der Waals surface area contributed by atoms with Crippen LogP contribution in [0.15, 0.2) is 66.0 Å². The predicted molar refractivity (Wildman–Crippen MR) is 147 cm³/mol. The smallest absolute Gasteiger partial charge is 0.270 e. The lowest BCUT2D eigenvalue weighted by atomic mass is 10.2. The molecule has 1 aliphatic rings. The maximum Gasteiger partial charge on any atom is 0.270 e. The van der Waals surface area contributed by atoms with Gasteiger partial charge in [0.15, 0.2) is 5.13 Å². The van der Waals surface area contributed by atoms with E-state index in [1.54, 1.807) is 4.90 Å². The zero-order chi connectivity index (χ0) is 24.6. The van der Waals surface area contributed by atoms with E-state index in [0.29, 0.717) is 21.6 Å². The van der Waals surface area contributed by atoms with Crippen LogP contribution in [0.2, 0.25) is 5.02 Å². The number of aromatic nitrogens is 3. The molecule has 36 heavy (non-hydrogen) atoms. The molecule has 0 bridgehead atoms. The number of thiophene rings is 1. The Morgan fingerprint density at radius 1 is 1.19 bits per heavy atom. The topological polar surface area (TPSA) is 60.2 Å². The molecule has 2 aromatic carbocycles. The summed E-state index contributed by atoms with van der Waals surface area (Å²) in [5.41, 5.74) is 3.66. The molecule has 3 aromatic heterocycles. The summed E-state index contributed by atoms with van der Waals surface area (Å²) in [7, 11) is 0. The molecule has 182 valence electrons. The van der Waals surface area contributed by atoms with Crippen LogP contribution in [-0.2, 0) is 4.74 Å².